The van der Waals surface area contributed by atoms with Crippen LogP contribution >= 0.6 is 0 Å². The third-order valence-corrected chi connectivity index (χ3v) is 4.91. The van der Waals surface area contributed by atoms with Crippen molar-refractivity contribution >= 4 is 11.6 Å². The van der Waals surface area contributed by atoms with E-state index in [0.717, 1.165) is 30.5 Å². The van der Waals surface area contributed by atoms with Crippen molar-refractivity contribution in [2.75, 3.05) is 25.0 Å². The number of hydrogen-bond donors (Lipinski definition) is 3. The zero-order valence-electron chi connectivity index (χ0n) is 17.0. The standard InChI is InChI=1S/C22H29N5O2/c1-16(2)24-9-3-6-21(28)27-12-4-5-19(15-27)26-20-13-18(14-25-22(20)29)17-7-10-23-11-8-17/h3,6-8,10-11,13-14,16,19,24,26H,4-5,9,12,15H2,1-2H3,(H,25,29)/b6-3+/t19-/m1/s1. The summed E-state index contributed by atoms with van der Waals surface area (Å²) in [6, 6.07) is 6.09. The highest BCUT2D eigenvalue weighted by molar-refractivity contribution is 5.87. The molecule has 1 atom stereocenters. The number of hydrogen-bond acceptors (Lipinski definition) is 5. The molecule has 1 aliphatic heterocycles. The third kappa shape index (κ3) is 6.02. The van der Waals surface area contributed by atoms with Crippen molar-refractivity contribution < 1.29 is 4.79 Å². The lowest BCUT2D eigenvalue weighted by molar-refractivity contribution is -0.127. The summed E-state index contributed by atoms with van der Waals surface area (Å²) in [7, 11) is 0. The summed E-state index contributed by atoms with van der Waals surface area (Å²) in [5.74, 6) is 0.0153. The van der Waals surface area contributed by atoms with E-state index in [9.17, 15) is 9.59 Å². The number of carbonyl (C=O) groups excluding carboxylic acids is 1. The molecular weight excluding hydrogens is 366 g/mol. The predicted molar refractivity (Wildman–Crippen MR) is 116 cm³/mol. The van der Waals surface area contributed by atoms with Crippen LogP contribution in [0.25, 0.3) is 11.1 Å². The van der Waals surface area contributed by atoms with Gasteiger partial charge in [0.25, 0.3) is 5.56 Å². The quantitative estimate of drug-likeness (QED) is 0.627. The smallest absolute Gasteiger partial charge is 0.271 e. The molecule has 3 N–H and O–H groups in total. The first-order valence-electron chi connectivity index (χ1n) is 10.1. The van der Waals surface area contributed by atoms with Gasteiger partial charge >= 0.3 is 0 Å². The van der Waals surface area contributed by atoms with Crippen LogP contribution < -0.4 is 16.2 Å². The highest BCUT2D eigenvalue weighted by Gasteiger charge is 2.23. The normalized spacial score (nSPS) is 17.1. The molecule has 1 aliphatic rings. The first-order chi connectivity index (χ1) is 14.0. The summed E-state index contributed by atoms with van der Waals surface area (Å²) in [4.78, 5) is 33.4. The molecule has 7 nitrogen and oxygen atoms in total. The van der Waals surface area contributed by atoms with Crippen LogP contribution in [0, 0.1) is 0 Å². The number of amides is 1. The molecule has 29 heavy (non-hydrogen) atoms. The van der Waals surface area contributed by atoms with Gasteiger partial charge in [0.05, 0.1) is 0 Å². The zero-order valence-corrected chi connectivity index (χ0v) is 17.0. The number of pyridine rings is 2. The maximum absolute atomic E-state index is 12.5. The second-order valence-electron chi connectivity index (χ2n) is 7.60. The molecule has 3 heterocycles. The number of carbonyl (C=O) groups is 1. The number of nitrogens with zero attached hydrogens (tertiary/aromatic N) is 2. The van der Waals surface area contributed by atoms with E-state index in [1.165, 1.54) is 0 Å². The maximum Gasteiger partial charge on any atom is 0.271 e. The Labute approximate surface area is 171 Å². The van der Waals surface area contributed by atoms with E-state index in [2.05, 4.69) is 34.4 Å². The van der Waals surface area contributed by atoms with E-state index in [-0.39, 0.29) is 17.5 Å². The van der Waals surface area contributed by atoms with E-state index in [4.69, 9.17) is 0 Å². The van der Waals surface area contributed by atoms with Crippen molar-refractivity contribution in [1.82, 2.24) is 20.2 Å². The van der Waals surface area contributed by atoms with Crippen LogP contribution in [0.2, 0.25) is 0 Å². The molecule has 0 aromatic carbocycles. The highest BCUT2D eigenvalue weighted by Crippen LogP contribution is 2.20. The molecule has 0 unspecified atom stereocenters. The predicted octanol–water partition coefficient (Wildman–Crippen LogP) is 2.39. The van der Waals surface area contributed by atoms with Gasteiger partial charge in [-0.1, -0.05) is 19.9 Å². The van der Waals surface area contributed by atoms with Gasteiger partial charge in [-0.05, 0) is 36.6 Å². The van der Waals surface area contributed by atoms with Gasteiger partial charge in [0.2, 0.25) is 5.91 Å². The van der Waals surface area contributed by atoms with Gasteiger partial charge in [0, 0.05) is 61.9 Å². The van der Waals surface area contributed by atoms with Gasteiger partial charge in [-0.25, -0.2) is 0 Å². The lowest BCUT2D eigenvalue weighted by Crippen LogP contribution is -2.45. The second-order valence-corrected chi connectivity index (χ2v) is 7.60. The number of H-pyrrole nitrogens is 1. The minimum atomic E-state index is -0.161. The first-order valence-corrected chi connectivity index (χ1v) is 10.1. The number of rotatable bonds is 7. The molecule has 0 saturated carbocycles. The number of likely N-dealkylation sites (tertiary alicyclic amines) is 1. The van der Waals surface area contributed by atoms with E-state index in [1.807, 2.05) is 29.2 Å². The van der Waals surface area contributed by atoms with Gasteiger partial charge in [-0.2, -0.15) is 0 Å². The number of anilines is 1. The summed E-state index contributed by atoms with van der Waals surface area (Å²) < 4.78 is 0. The molecule has 3 rings (SSSR count). The summed E-state index contributed by atoms with van der Waals surface area (Å²) in [5, 5.41) is 6.59. The monoisotopic (exact) mass is 395 g/mol. The first kappa shape index (κ1) is 20.8. The Bertz CT molecular complexity index is 892. The molecule has 1 fully saturated rings. The number of aromatic amines is 1. The molecule has 7 heteroatoms. The summed E-state index contributed by atoms with van der Waals surface area (Å²) >= 11 is 0. The lowest BCUT2D eigenvalue weighted by Gasteiger charge is -2.33. The number of aromatic nitrogens is 2. The SMILES string of the molecule is CC(C)NC/C=C/C(=O)N1CCC[C@@H](Nc2cc(-c3ccncc3)c[nH]c2=O)C1. The van der Waals surface area contributed by atoms with Crippen LogP contribution in [-0.2, 0) is 4.79 Å². The highest BCUT2D eigenvalue weighted by atomic mass is 16.2. The topological polar surface area (TPSA) is 90.1 Å². The Morgan fingerprint density at radius 1 is 1.34 bits per heavy atom. The lowest BCUT2D eigenvalue weighted by atomic mass is 10.0. The fourth-order valence-corrected chi connectivity index (χ4v) is 3.39. The van der Waals surface area contributed by atoms with Crippen molar-refractivity contribution in [3.05, 3.63) is 59.3 Å². The summed E-state index contributed by atoms with van der Waals surface area (Å²) in [6.45, 7) is 6.14. The minimum absolute atomic E-state index is 0.0153. The molecule has 0 radical (unpaired) electrons. The third-order valence-electron chi connectivity index (χ3n) is 4.91. The second kappa shape index (κ2) is 10.0. The van der Waals surface area contributed by atoms with Crippen LogP contribution in [0.4, 0.5) is 5.69 Å². The summed E-state index contributed by atoms with van der Waals surface area (Å²) in [6.07, 6.45) is 10.5. The average Bonchev–Trinajstić information content (AvgIpc) is 2.73. The van der Waals surface area contributed by atoms with Gasteiger partial charge in [-0.15, -0.1) is 0 Å². The molecule has 0 bridgehead atoms. The van der Waals surface area contributed by atoms with Crippen LogP contribution in [0.5, 0.6) is 0 Å². The van der Waals surface area contributed by atoms with Gasteiger partial charge < -0.3 is 20.5 Å². The van der Waals surface area contributed by atoms with Crippen molar-refractivity contribution in [1.29, 1.82) is 0 Å². The molecule has 2 aromatic heterocycles. The van der Waals surface area contributed by atoms with Crippen molar-refractivity contribution in [3.8, 4) is 11.1 Å². The largest absolute Gasteiger partial charge is 0.376 e. The molecule has 1 saturated heterocycles. The molecule has 0 spiro atoms. The number of piperidine rings is 1. The van der Waals surface area contributed by atoms with Crippen LogP contribution in [0.3, 0.4) is 0 Å². The summed E-state index contributed by atoms with van der Waals surface area (Å²) in [5.41, 5.74) is 2.26. The zero-order chi connectivity index (χ0) is 20.6. The minimum Gasteiger partial charge on any atom is -0.376 e. The Morgan fingerprint density at radius 3 is 2.90 bits per heavy atom. The Morgan fingerprint density at radius 2 is 2.14 bits per heavy atom. The molecule has 1 amide bonds. The van der Waals surface area contributed by atoms with Crippen molar-refractivity contribution in [2.24, 2.45) is 0 Å². The van der Waals surface area contributed by atoms with Gasteiger partial charge in [0.1, 0.15) is 5.69 Å². The molecule has 154 valence electrons. The van der Waals surface area contributed by atoms with Crippen molar-refractivity contribution in [3.63, 3.8) is 0 Å². The molecule has 2 aromatic rings. The van der Waals surface area contributed by atoms with Crippen molar-refractivity contribution in [2.45, 2.75) is 38.8 Å². The Kier molecular flexibility index (Phi) is 7.19. The van der Waals surface area contributed by atoms with E-state index in [1.54, 1.807) is 24.7 Å². The van der Waals surface area contributed by atoms with Crippen LogP contribution in [-0.4, -0.2) is 52.5 Å². The Hall–Kier alpha value is -2.93. The van der Waals surface area contributed by atoms with Gasteiger partial charge in [0.15, 0.2) is 0 Å². The van der Waals surface area contributed by atoms with E-state index < -0.39 is 0 Å². The van der Waals surface area contributed by atoms with Gasteiger partial charge in [-0.3, -0.25) is 14.6 Å². The fourth-order valence-electron chi connectivity index (χ4n) is 3.39. The molecule has 0 aliphatic carbocycles. The average molecular weight is 396 g/mol. The Balaban J connectivity index is 1.63. The van der Waals surface area contributed by atoms with E-state index >= 15 is 0 Å². The van der Waals surface area contributed by atoms with Crippen LogP contribution in [0.15, 0.2) is 53.7 Å². The van der Waals surface area contributed by atoms with Crippen LogP contribution in [0.1, 0.15) is 26.7 Å². The number of nitrogens with one attached hydrogen (secondary N) is 3. The maximum atomic E-state index is 12.5. The molecular formula is C22H29N5O2. The van der Waals surface area contributed by atoms with E-state index in [0.29, 0.717) is 24.8 Å². The fraction of sp³-hybridized carbons (Fsp3) is 0.409.